The van der Waals surface area contributed by atoms with Crippen LogP contribution >= 0.6 is 24.0 Å². The molecule has 1 N–H and O–H groups in total. The Labute approximate surface area is 202 Å². The highest BCUT2D eigenvalue weighted by molar-refractivity contribution is 7.89. The van der Waals surface area contributed by atoms with E-state index < -0.39 is 10.0 Å². The van der Waals surface area contributed by atoms with Crippen LogP contribution in [0, 0.1) is 0 Å². The van der Waals surface area contributed by atoms with Gasteiger partial charge in [0.25, 0.3) is 5.91 Å². The minimum absolute atomic E-state index is 0. The number of likely N-dealkylation sites (tertiary alicyclic amines) is 1. The van der Waals surface area contributed by atoms with Crippen molar-refractivity contribution in [1.82, 2.24) is 14.5 Å². The van der Waals surface area contributed by atoms with Crippen molar-refractivity contribution >= 4 is 39.9 Å². The molecule has 176 valence electrons. The molecule has 6 nitrogen and oxygen atoms in total. The molecule has 32 heavy (non-hydrogen) atoms. The molecule has 1 saturated heterocycles. The fraction of sp³-hybridized carbons (Fsp3) is 0.435. The number of nitrogens with one attached hydrogen (secondary N) is 1. The Kier molecular flexibility index (Phi) is 9.98. The van der Waals surface area contributed by atoms with Crippen LogP contribution in [0.4, 0.5) is 0 Å². The van der Waals surface area contributed by atoms with Gasteiger partial charge in [-0.1, -0.05) is 55.8 Å². The van der Waals surface area contributed by atoms with E-state index in [1.165, 1.54) is 28.1 Å². The molecule has 0 unspecified atom stereocenters. The first-order valence-electron chi connectivity index (χ1n) is 10.7. The zero-order valence-electron chi connectivity index (χ0n) is 18.5. The summed E-state index contributed by atoms with van der Waals surface area (Å²) >= 11 is 6.24. The van der Waals surface area contributed by atoms with Gasteiger partial charge in [-0.05, 0) is 36.6 Å². The molecule has 0 aliphatic carbocycles. The number of carbonyl (C=O) groups is 1. The number of amides is 1. The standard InChI is InChI=1S/C23H30ClN3O3S.ClH/c1-3-27(4-2)31(29,30)20-10-11-22(24)21(16-20)23(28)25-19-12-14-26(15-13-19)17-18-8-6-5-7-9-18;/h5-11,16,19H,3-4,12-15,17H2,1-2H3,(H,25,28);1H. The zero-order chi connectivity index (χ0) is 22.4. The van der Waals surface area contributed by atoms with Gasteiger partial charge in [0.15, 0.2) is 0 Å². The minimum Gasteiger partial charge on any atom is -0.349 e. The Balaban J connectivity index is 0.00000363. The summed E-state index contributed by atoms with van der Waals surface area (Å²) in [6.45, 7) is 6.99. The van der Waals surface area contributed by atoms with Crippen LogP contribution in [0.3, 0.4) is 0 Å². The summed E-state index contributed by atoms with van der Waals surface area (Å²) in [7, 11) is -3.66. The summed E-state index contributed by atoms with van der Waals surface area (Å²) in [5.74, 6) is -0.330. The molecule has 1 heterocycles. The predicted molar refractivity (Wildman–Crippen MR) is 131 cm³/mol. The van der Waals surface area contributed by atoms with Gasteiger partial charge in [0.2, 0.25) is 10.0 Å². The Hall–Kier alpha value is -1.64. The summed E-state index contributed by atoms with van der Waals surface area (Å²) in [5, 5.41) is 3.29. The first-order chi connectivity index (χ1) is 14.8. The molecule has 0 atom stereocenters. The van der Waals surface area contributed by atoms with Crippen molar-refractivity contribution in [3.63, 3.8) is 0 Å². The second-order valence-corrected chi connectivity index (χ2v) is 10.1. The molecule has 0 radical (unpaired) electrons. The molecule has 1 amide bonds. The van der Waals surface area contributed by atoms with E-state index >= 15 is 0 Å². The van der Waals surface area contributed by atoms with Crippen LogP contribution in [0.5, 0.6) is 0 Å². The number of halogens is 2. The normalized spacial score (nSPS) is 15.4. The Bertz CT molecular complexity index is 991. The number of rotatable bonds is 8. The number of hydrogen-bond donors (Lipinski definition) is 1. The van der Waals surface area contributed by atoms with Gasteiger partial charge in [0.05, 0.1) is 15.5 Å². The molecule has 0 aromatic heterocycles. The van der Waals surface area contributed by atoms with Gasteiger partial charge in [-0.2, -0.15) is 4.31 Å². The summed E-state index contributed by atoms with van der Waals surface area (Å²) in [6.07, 6.45) is 1.68. The summed E-state index contributed by atoms with van der Waals surface area (Å²) in [6, 6.07) is 14.7. The third-order valence-corrected chi connectivity index (χ3v) is 8.07. The molecule has 0 spiro atoms. The van der Waals surface area contributed by atoms with Crippen molar-refractivity contribution in [2.75, 3.05) is 26.2 Å². The second-order valence-electron chi connectivity index (χ2n) is 7.74. The minimum atomic E-state index is -3.66. The topological polar surface area (TPSA) is 69.7 Å². The first kappa shape index (κ1) is 26.6. The van der Waals surface area contributed by atoms with Gasteiger partial charge < -0.3 is 5.32 Å². The lowest BCUT2D eigenvalue weighted by atomic mass is 10.0. The van der Waals surface area contributed by atoms with Crippen molar-refractivity contribution in [3.8, 4) is 0 Å². The maximum Gasteiger partial charge on any atom is 0.253 e. The number of nitrogens with zero attached hydrogens (tertiary/aromatic N) is 2. The van der Waals surface area contributed by atoms with Gasteiger partial charge in [0, 0.05) is 38.8 Å². The molecule has 2 aromatic rings. The fourth-order valence-corrected chi connectivity index (χ4v) is 5.58. The number of benzene rings is 2. The van der Waals surface area contributed by atoms with Crippen LogP contribution < -0.4 is 5.32 Å². The number of piperidine rings is 1. The molecule has 0 saturated carbocycles. The SMILES string of the molecule is CCN(CC)S(=O)(=O)c1ccc(Cl)c(C(=O)NC2CCN(Cc3ccccc3)CC2)c1.Cl. The Morgan fingerprint density at radius 1 is 1.09 bits per heavy atom. The van der Waals surface area contributed by atoms with Gasteiger partial charge in [-0.25, -0.2) is 8.42 Å². The van der Waals surface area contributed by atoms with Gasteiger partial charge in [-0.3, -0.25) is 9.69 Å². The van der Waals surface area contributed by atoms with Crippen LogP contribution in [0.1, 0.15) is 42.6 Å². The molecule has 9 heteroatoms. The van der Waals surface area contributed by atoms with E-state index in [2.05, 4.69) is 22.3 Å². The quantitative estimate of drug-likeness (QED) is 0.591. The molecule has 1 fully saturated rings. The van der Waals surface area contributed by atoms with Crippen molar-refractivity contribution < 1.29 is 13.2 Å². The van der Waals surface area contributed by atoms with E-state index in [-0.39, 0.29) is 39.8 Å². The highest BCUT2D eigenvalue weighted by atomic mass is 35.5. The van der Waals surface area contributed by atoms with Crippen molar-refractivity contribution in [2.45, 2.75) is 44.2 Å². The molecular formula is C23H31Cl2N3O3S. The number of carbonyl (C=O) groups excluding carboxylic acids is 1. The van der Waals surface area contributed by atoms with E-state index in [9.17, 15) is 13.2 Å². The second kappa shape index (κ2) is 12.0. The van der Waals surface area contributed by atoms with E-state index in [1.54, 1.807) is 13.8 Å². The largest absolute Gasteiger partial charge is 0.349 e. The van der Waals surface area contributed by atoms with Gasteiger partial charge >= 0.3 is 0 Å². The lowest BCUT2D eigenvalue weighted by Crippen LogP contribution is -2.44. The third kappa shape index (κ3) is 6.45. The third-order valence-electron chi connectivity index (χ3n) is 5.70. The smallest absolute Gasteiger partial charge is 0.253 e. The van der Waals surface area contributed by atoms with Crippen molar-refractivity contribution in [3.05, 3.63) is 64.7 Å². The molecule has 1 aliphatic heterocycles. The molecule has 2 aromatic carbocycles. The fourth-order valence-electron chi connectivity index (χ4n) is 3.89. The van der Waals surface area contributed by atoms with Gasteiger partial charge in [-0.15, -0.1) is 12.4 Å². The number of hydrogen-bond acceptors (Lipinski definition) is 4. The number of sulfonamides is 1. The molecular weight excluding hydrogens is 469 g/mol. The highest BCUT2D eigenvalue weighted by Crippen LogP contribution is 2.24. The van der Waals surface area contributed by atoms with E-state index in [4.69, 9.17) is 11.6 Å². The summed E-state index contributed by atoms with van der Waals surface area (Å²) < 4.78 is 27.0. The van der Waals surface area contributed by atoms with Crippen LogP contribution in [-0.4, -0.2) is 55.8 Å². The van der Waals surface area contributed by atoms with Gasteiger partial charge in [0.1, 0.15) is 0 Å². The van der Waals surface area contributed by atoms with E-state index in [1.807, 2.05) is 18.2 Å². The van der Waals surface area contributed by atoms with E-state index in [0.717, 1.165) is 32.5 Å². The lowest BCUT2D eigenvalue weighted by Gasteiger charge is -2.32. The van der Waals surface area contributed by atoms with Crippen molar-refractivity contribution in [2.24, 2.45) is 0 Å². The average Bonchev–Trinajstić information content (AvgIpc) is 2.76. The maximum atomic E-state index is 12.9. The lowest BCUT2D eigenvalue weighted by molar-refractivity contribution is 0.0909. The Morgan fingerprint density at radius 3 is 2.31 bits per heavy atom. The Morgan fingerprint density at radius 2 is 1.72 bits per heavy atom. The monoisotopic (exact) mass is 499 g/mol. The van der Waals surface area contributed by atoms with Crippen molar-refractivity contribution in [1.29, 1.82) is 0 Å². The van der Waals surface area contributed by atoms with Crippen LogP contribution in [-0.2, 0) is 16.6 Å². The molecule has 0 bridgehead atoms. The molecule has 3 rings (SSSR count). The first-order valence-corrected chi connectivity index (χ1v) is 12.5. The summed E-state index contributed by atoms with van der Waals surface area (Å²) in [4.78, 5) is 15.3. The van der Waals surface area contributed by atoms with Crippen LogP contribution in [0.2, 0.25) is 5.02 Å². The van der Waals surface area contributed by atoms with Crippen LogP contribution in [0.15, 0.2) is 53.4 Å². The highest BCUT2D eigenvalue weighted by Gasteiger charge is 2.26. The average molecular weight is 500 g/mol. The van der Waals surface area contributed by atoms with Crippen LogP contribution in [0.25, 0.3) is 0 Å². The summed E-state index contributed by atoms with van der Waals surface area (Å²) in [5.41, 5.74) is 1.48. The predicted octanol–water partition coefficient (Wildman–Crippen LogP) is 4.19. The molecule has 1 aliphatic rings. The maximum absolute atomic E-state index is 12.9. The van der Waals surface area contributed by atoms with E-state index in [0.29, 0.717) is 13.1 Å². The zero-order valence-corrected chi connectivity index (χ0v) is 20.8.